The van der Waals surface area contributed by atoms with Crippen LogP contribution in [-0.4, -0.2) is 23.7 Å². The van der Waals surface area contributed by atoms with E-state index >= 15 is 0 Å². The van der Waals surface area contributed by atoms with Crippen molar-refractivity contribution >= 4 is 27.5 Å². The predicted octanol–water partition coefficient (Wildman–Crippen LogP) is 3.85. The Morgan fingerprint density at radius 1 is 1.12 bits per heavy atom. The average Bonchev–Trinajstić information content (AvgIpc) is 2.97. The summed E-state index contributed by atoms with van der Waals surface area (Å²) in [5.41, 5.74) is 3.87. The molecule has 0 unspecified atom stereocenters. The third-order valence-corrected chi connectivity index (χ3v) is 5.66. The molecule has 0 radical (unpaired) electrons. The first-order chi connectivity index (χ1) is 12.6. The number of ether oxygens (including phenoxy) is 2. The molecule has 0 N–H and O–H groups in total. The van der Waals surface area contributed by atoms with Crippen molar-refractivity contribution in [3.05, 3.63) is 51.8 Å². The first-order valence-corrected chi connectivity index (χ1v) is 9.47. The van der Waals surface area contributed by atoms with Gasteiger partial charge in [0, 0.05) is 24.2 Å². The Kier molecular flexibility index (Phi) is 4.28. The number of nitrogens with zero attached hydrogens (tertiary/aromatic N) is 2. The largest absolute Gasteiger partial charge is 0.486 e. The van der Waals surface area contributed by atoms with Gasteiger partial charge in [0.05, 0.1) is 10.2 Å². The highest BCUT2D eigenvalue weighted by Gasteiger charge is 2.16. The second-order valence-corrected chi connectivity index (χ2v) is 7.32. The molecule has 0 saturated carbocycles. The zero-order valence-corrected chi connectivity index (χ0v) is 15.9. The molecule has 0 spiro atoms. The Labute approximate surface area is 155 Å². The normalized spacial score (nSPS) is 14.0. The Morgan fingerprint density at radius 2 is 1.85 bits per heavy atom. The number of hydrogen-bond acceptors (Lipinski definition) is 4. The molecule has 3 aromatic rings. The molecule has 1 aromatic heterocycles. The lowest BCUT2D eigenvalue weighted by Crippen LogP contribution is -2.17. The van der Waals surface area contributed by atoms with Gasteiger partial charge in [-0.15, -0.1) is 0 Å². The fourth-order valence-corrected chi connectivity index (χ4v) is 4.13. The van der Waals surface area contributed by atoms with Gasteiger partial charge in [-0.2, -0.15) is 4.99 Å². The molecule has 0 saturated heterocycles. The molecular weight excluding hydrogens is 348 g/mol. The van der Waals surface area contributed by atoms with Crippen LogP contribution in [0, 0.1) is 13.8 Å². The number of hydrogen-bond donors (Lipinski definition) is 0. The quantitative estimate of drug-likeness (QED) is 0.690. The molecule has 26 heavy (non-hydrogen) atoms. The number of aromatic nitrogens is 1. The van der Waals surface area contributed by atoms with Crippen LogP contribution in [0.5, 0.6) is 11.5 Å². The molecule has 5 nitrogen and oxygen atoms in total. The molecule has 2 heterocycles. The molecular formula is C20H20N2O3S. The topological polar surface area (TPSA) is 52.8 Å². The monoisotopic (exact) mass is 368 g/mol. The molecule has 1 amide bonds. The molecule has 0 bridgehead atoms. The van der Waals surface area contributed by atoms with Gasteiger partial charge in [0.2, 0.25) is 0 Å². The summed E-state index contributed by atoms with van der Waals surface area (Å²) < 4.78 is 14.4. The van der Waals surface area contributed by atoms with Crippen LogP contribution in [0.4, 0.5) is 0 Å². The molecule has 4 rings (SSSR count). The van der Waals surface area contributed by atoms with Crippen molar-refractivity contribution in [3.63, 3.8) is 0 Å². The van der Waals surface area contributed by atoms with Crippen molar-refractivity contribution in [2.24, 2.45) is 4.99 Å². The SMILES string of the molecule is CCn1c(=NC(=O)c2ccc(C)c(C)c2)sc2cc3c(cc21)OCCO3. The third kappa shape index (κ3) is 2.90. The van der Waals surface area contributed by atoms with E-state index in [1.165, 1.54) is 11.3 Å². The van der Waals surface area contributed by atoms with Gasteiger partial charge in [-0.1, -0.05) is 17.4 Å². The third-order valence-electron chi connectivity index (χ3n) is 4.61. The Balaban J connectivity index is 1.83. The second-order valence-electron chi connectivity index (χ2n) is 6.31. The van der Waals surface area contributed by atoms with Gasteiger partial charge >= 0.3 is 0 Å². The van der Waals surface area contributed by atoms with E-state index in [0.717, 1.165) is 39.4 Å². The smallest absolute Gasteiger partial charge is 0.279 e. The molecule has 6 heteroatoms. The van der Waals surface area contributed by atoms with Crippen molar-refractivity contribution in [2.45, 2.75) is 27.3 Å². The number of fused-ring (bicyclic) bond motifs is 2. The molecule has 0 fully saturated rings. The van der Waals surface area contributed by atoms with Crippen molar-refractivity contribution in [1.82, 2.24) is 4.57 Å². The van der Waals surface area contributed by atoms with Crippen LogP contribution in [0.2, 0.25) is 0 Å². The predicted molar refractivity (Wildman–Crippen MR) is 102 cm³/mol. The maximum Gasteiger partial charge on any atom is 0.279 e. The summed E-state index contributed by atoms with van der Waals surface area (Å²) in [6, 6.07) is 9.63. The lowest BCUT2D eigenvalue weighted by molar-refractivity contribution is 0.0998. The molecule has 134 valence electrons. The Hall–Kier alpha value is -2.60. The molecule has 0 aliphatic carbocycles. The van der Waals surface area contributed by atoms with Crippen LogP contribution in [0.15, 0.2) is 35.3 Å². The van der Waals surface area contributed by atoms with Gasteiger partial charge in [0.25, 0.3) is 5.91 Å². The maximum atomic E-state index is 12.7. The van der Waals surface area contributed by atoms with Gasteiger partial charge < -0.3 is 14.0 Å². The lowest BCUT2D eigenvalue weighted by Gasteiger charge is -2.18. The van der Waals surface area contributed by atoms with Crippen LogP contribution >= 0.6 is 11.3 Å². The van der Waals surface area contributed by atoms with Gasteiger partial charge in [0.1, 0.15) is 13.2 Å². The number of thiazole rings is 1. The number of aryl methyl sites for hydroxylation is 3. The van der Waals surface area contributed by atoms with Crippen molar-refractivity contribution < 1.29 is 14.3 Å². The van der Waals surface area contributed by atoms with E-state index in [9.17, 15) is 4.79 Å². The summed E-state index contributed by atoms with van der Waals surface area (Å²) in [6.45, 7) is 7.91. The van der Waals surface area contributed by atoms with Gasteiger partial charge in [0.15, 0.2) is 16.3 Å². The number of amides is 1. The Bertz CT molecular complexity index is 1080. The lowest BCUT2D eigenvalue weighted by atomic mass is 10.1. The zero-order chi connectivity index (χ0) is 18.3. The van der Waals surface area contributed by atoms with Crippen molar-refractivity contribution in [1.29, 1.82) is 0 Å². The van der Waals surface area contributed by atoms with E-state index in [2.05, 4.69) is 4.99 Å². The van der Waals surface area contributed by atoms with E-state index in [1.54, 1.807) is 0 Å². The standard InChI is InChI=1S/C20H20N2O3S/c1-4-22-15-10-16-17(25-8-7-24-16)11-18(15)26-20(22)21-19(23)14-6-5-12(2)13(3)9-14/h5-6,9-11H,4,7-8H2,1-3H3. The highest BCUT2D eigenvalue weighted by atomic mass is 32.1. The van der Waals surface area contributed by atoms with E-state index in [0.29, 0.717) is 23.6 Å². The number of carbonyl (C=O) groups is 1. The summed E-state index contributed by atoms with van der Waals surface area (Å²) in [5.74, 6) is 1.27. The van der Waals surface area contributed by atoms with Gasteiger partial charge in [-0.05, 0) is 44.0 Å². The highest BCUT2D eigenvalue weighted by molar-refractivity contribution is 7.16. The molecule has 0 atom stereocenters. The second kappa shape index (κ2) is 6.61. The van der Waals surface area contributed by atoms with Crippen molar-refractivity contribution in [3.8, 4) is 11.5 Å². The summed E-state index contributed by atoms with van der Waals surface area (Å²) in [7, 11) is 0. The van der Waals surface area contributed by atoms with Gasteiger partial charge in [-0.3, -0.25) is 4.79 Å². The first-order valence-electron chi connectivity index (χ1n) is 8.66. The first kappa shape index (κ1) is 16.8. The number of carbonyl (C=O) groups excluding carboxylic acids is 1. The maximum absolute atomic E-state index is 12.7. The summed E-state index contributed by atoms with van der Waals surface area (Å²) in [5, 5.41) is 0. The number of benzene rings is 2. The van der Waals surface area contributed by atoms with Crippen LogP contribution in [0.3, 0.4) is 0 Å². The fraction of sp³-hybridized carbons (Fsp3) is 0.300. The Morgan fingerprint density at radius 3 is 2.54 bits per heavy atom. The summed E-state index contributed by atoms with van der Waals surface area (Å²) in [6.07, 6.45) is 0. The van der Waals surface area contributed by atoms with Gasteiger partial charge in [-0.25, -0.2) is 0 Å². The molecule has 1 aliphatic rings. The number of rotatable bonds is 2. The van der Waals surface area contributed by atoms with Crippen LogP contribution in [0.25, 0.3) is 10.2 Å². The van der Waals surface area contributed by atoms with Crippen LogP contribution in [0.1, 0.15) is 28.4 Å². The summed E-state index contributed by atoms with van der Waals surface area (Å²) in [4.78, 5) is 17.7. The van der Waals surface area contributed by atoms with E-state index < -0.39 is 0 Å². The fourth-order valence-electron chi connectivity index (χ4n) is 3.02. The van der Waals surface area contributed by atoms with E-state index in [-0.39, 0.29) is 5.91 Å². The van der Waals surface area contributed by atoms with E-state index in [4.69, 9.17) is 9.47 Å². The highest BCUT2D eigenvalue weighted by Crippen LogP contribution is 2.35. The minimum Gasteiger partial charge on any atom is -0.486 e. The molecule has 1 aliphatic heterocycles. The zero-order valence-electron chi connectivity index (χ0n) is 15.0. The van der Waals surface area contributed by atoms with Crippen LogP contribution < -0.4 is 14.3 Å². The average molecular weight is 368 g/mol. The van der Waals surface area contributed by atoms with E-state index in [1.807, 2.05) is 55.7 Å². The minimum atomic E-state index is -0.223. The van der Waals surface area contributed by atoms with Crippen LogP contribution in [-0.2, 0) is 6.54 Å². The van der Waals surface area contributed by atoms with Crippen molar-refractivity contribution in [2.75, 3.05) is 13.2 Å². The summed E-state index contributed by atoms with van der Waals surface area (Å²) >= 11 is 1.49. The molecule has 2 aromatic carbocycles. The minimum absolute atomic E-state index is 0.223.